The summed E-state index contributed by atoms with van der Waals surface area (Å²) >= 11 is 1.24. The Labute approximate surface area is 147 Å². The highest BCUT2D eigenvalue weighted by atomic mass is 32.2. The first-order valence-corrected chi connectivity index (χ1v) is 8.38. The molecule has 128 valence electrons. The van der Waals surface area contributed by atoms with Gasteiger partial charge in [0.15, 0.2) is 0 Å². The molecule has 5 nitrogen and oxygen atoms in total. The zero-order valence-corrected chi connectivity index (χ0v) is 14.1. The molecule has 2 aromatic carbocycles. The molecule has 3 aromatic rings. The van der Waals surface area contributed by atoms with Gasteiger partial charge in [-0.25, -0.2) is 13.5 Å². The lowest BCUT2D eigenvalue weighted by molar-refractivity contribution is 0.100. The normalized spacial score (nSPS) is 10.7. The number of carbonyl (C=O) groups excluding carboxylic acids is 1. The molecular weight excluding hydrogens is 346 g/mol. The summed E-state index contributed by atoms with van der Waals surface area (Å²) in [5.74, 6) is -0.500. The minimum absolute atomic E-state index is 0.179. The Morgan fingerprint density at radius 1 is 1.16 bits per heavy atom. The highest BCUT2D eigenvalue weighted by Crippen LogP contribution is 2.22. The molecule has 0 aliphatic rings. The van der Waals surface area contributed by atoms with E-state index in [0.717, 1.165) is 6.07 Å². The zero-order chi connectivity index (χ0) is 17.8. The first-order chi connectivity index (χ1) is 12.0. The fourth-order valence-electron chi connectivity index (χ4n) is 2.12. The number of halogens is 2. The fourth-order valence-corrected chi connectivity index (χ4v) is 3.04. The van der Waals surface area contributed by atoms with Crippen LogP contribution in [0, 0.1) is 18.6 Å². The molecule has 0 aliphatic carbocycles. The van der Waals surface area contributed by atoms with Gasteiger partial charge in [0, 0.05) is 11.3 Å². The SMILES string of the molecule is Cc1nnc(SCc2ccccc2F)n1NC(=O)c1cccc(F)c1. The number of aryl methyl sites for hydroxylation is 1. The zero-order valence-electron chi connectivity index (χ0n) is 13.2. The third kappa shape index (κ3) is 4.03. The third-order valence-corrected chi connectivity index (χ3v) is 4.39. The molecule has 25 heavy (non-hydrogen) atoms. The molecule has 0 saturated heterocycles. The van der Waals surface area contributed by atoms with E-state index >= 15 is 0 Å². The van der Waals surface area contributed by atoms with E-state index in [4.69, 9.17) is 0 Å². The lowest BCUT2D eigenvalue weighted by Gasteiger charge is -2.10. The third-order valence-electron chi connectivity index (χ3n) is 3.41. The molecule has 0 unspecified atom stereocenters. The number of rotatable bonds is 5. The predicted molar refractivity (Wildman–Crippen MR) is 90.8 cm³/mol. The van der Waals surface area contributed by atoms with Gasteiger partial charge in [0.05, 0.1) is 0 Å². The van der Waals surface area contributed by atoms with Gasteiger partial charge in [0.2, 0.25) is 5.16 Å². The van der Waals surface area contributed by atoms with E-state index in [9.17, 15) is 13.6 Å². The van der Waals surface area contributed by atoms with Crippen molar-refractivity contribution in [2.24, 2.45) is 0 Å². The second-order valence-electron chi connectivity index (χ2n) is 5.20. The average Bonchev–Trinajstić information content (AvgIpc) is 2.94. The topological polar surface area (TPSA) is 59.8 Å². The Bertz CT molecular complexity index is 913. The largest absolute Gasteiger partial charge is 0.270 e. The number of carbonyl (C=O) groups is 1. The lowest BCUT2D eigenvalue weighted by atomic mass is 10.2. The average molecular weight is 360 g/mol. The van der Waals surface area contributed by atoms with Gasteiger partial charge < -0.3 is 0 Å². The van der Waals surface area contributed by atoms with Crippen LogP contribution in [0.2, 0.25) is 0 Å². The summed E-state index contributed by atoms with van der Waals surface area (Å²) in [6.45, 7) is 1.67. The maximum atomic E-state index is 13.7. The first kappa shape index (κ1) is 17.1. The molecule has 0 aliphatic heterocycles. The summed E-state index contributed by atoms with van der Waals surface area (Å²) in [5.41, 5.74) is 3.33. The number of hydrogen-bond donors (Lipinski definition) is 1. The fraction of sp³-hybridized carbons (Fsp3) is 0.118. The van der Waals surface area contributed by atoms with Crippen LogP contribution in [0.4, 0.5) is 8.78 Å². The summed E-state index contributed by atoms with van der Waals surface area (Å²) in [6, 6.07) is 11.8. The van der Waals surface area contributed by atoms with Gasteiger partial charge in [-0.2, -0.15) is 0 Å². The van der Waals surface area contributed by atoms with Crippen molar-refractivity contribution in [1.29, 1.82) is 0 Å². The van der Waals surface area contributed by atoms with Crippen LogP contribution in [0.1, 0.15) is 21.7 Å². The minimum Gasteiger partial charge on any atom is -0.267 e. The highest BCUT2D eigenvalue weighted by Gasteiger charge is 2.14. The van der Waals surface area contributed by atoms with E-state index in [1.807, 2.05) is 0 Å². The van der Waals surface area contributed by atoms with Crippen LogP contribution >= 0.6 is 11.8 Å². The Kier molecular flexibility index (Phi) is 5.08. The monoisotopic (exact) mass is 360 g/mol. The van der Waals surface area contributed by atoms with Crippen molar-refractivity contribution in [2.45, 2.75) is 17.8 Å². The molecule has 0 radical (unpaired) electrons. The molecule has 0 atom stereocenters. The number of hydrogen-bond acceptors (Lipinski definition) is 4. The maximum absolute atomic E-state index is 13.7. The predicted octanol–water partition coefficient (Wildman–Crippen LogP) is 3.54. The van der Waals surface area contributed by atoms with Crippen LogP contribution in [0.15, 0.2) is 53.7 Å². The van der Waals surface area contributed by atoms with Gasteiger partial charge in [-0.05, 0) is 36.8 Å². The Morgan fingerprint density at radius 3 is 2.72 bits per heavy atom. The van der Waals surface area contributed by atoms with Crippen LogP contribution < -0.4 is 5.43 Å². The van der Waals surface area contributed by atoms with E-state index in [-0.39, 0.29) is 11.4 Å². The number of aromatic nitrogens is 3. The second-order valence-corrected chi connectivity index (χ2v) is 6.14. The molecule has 3 rings (SSSR count). The van der Waals surface area contributed by atoms with Crippen molar-refractivity contribution < 1.29 is 13.6 Å². The van der Waals surface area contributed by atoms with Crippen LogP contribution in [-0.2, 0) is 5.75 Å². The van der Waals surface area contributed by atoms with Crippen molar-refractivity contribution in [3.8, 4) is 0 Å². The number of nitrogens with one attached hydrogen (secondary N) is 1. The summed E-state index contributed by atoms with van der Waals surface area (Å²) in [4.78, 5) is 12.3. The summed E-state index contributed by atoms with van der Waals surface area (Å²) in [6.07, 6.45) is 0. The molecule has 1 N–H and O–H groups in total. The number of nitrogens with zero attached hydrogens (tertiary/aromatic N) is 3. The molecule has 0 spiro atoms. The van der Waals surface area contributed by atoms with E-state index in [0.29, 0.717) is 22.3 Å². The molecule has 1 aromatic heterocycles. The molecule has 0 fully saturated rings. The van der Waals surface area contributed by atoms with E-state index in [2.05, 4.69) is 15.6 Å². The van der Waals surface area contributed by atoms with Crippen LogP contribution in [0.3, 0.4) is 0 Å². The summed E-state index contributed by atoms with van der Waals surface area (Å²) < 4.78 is 28.4. The van der Waals surface area contributed by atoms with Crippen molar-refractivity contribution in [3.05, 3.63) is 77.1 Å². The number of amides is 1. The smallest absolute Gasteiger partial charge is 0.267 e. The van der Waals surface area contributed by atoms with Gasteiger partial charge in [-0.3, -0.25) is 10.2 Å². The lowest BCUT2D eigenvalue weighted by Crippen LogP contribution is -2.24. The summed E-state index contributed by atoms with van der Waals surface area (Å²) in [7, 11) is 0. The van der Waals surface area contributed by atoms with Crippen LogP contribution in [0.25, 0.3) is 0 Å². The Hall–Kier alpha value is -2.74. The van der Waals surface area contributed by atoms with Crippen molar-refractivity contribution in [3.63, 3.8) is 0 Å². The minimum atomic E-state index is -0.498. The summed E-state index contributed by atoms with van der Waals surface area (Å²) in [5, 5.41) is 8.32. The molecule has 0 saturated carbocycles. The Balaban J connectivity index is 1.75. The maximum Gasteiger partial charge on any atom is 0.270 e. The van der Waals surface area contributed by atoms with Gasteiger partial charge >= 0.3 is 0 Å². The van der Waals surface area contributed by atoms with Crippen molar-refractivity contribution >= 4 is 17.7 Å². The van der Waals surface area contributed by atoms with Crippen LogP contribution in [-0.4, -0.2) is 20.8 Å². The molecule has 0 bridgehead atoms. The van der Waals surface area contributed by atoms with Gasteiger partial charge in [0.25, 0.3) is 5.91 Å². The first-order valence-electron chi connectivity index (χ1n) is 7.40. The van der Waals surface area contributed by atoms with Gasteiger partial charge in [0.1, 0.15) is 17.5 Å². The van der Waals surface area contributed by atoms with Crippen LogP contribution in [0.5, 0.6) is 0 Å². The van der Waals surface area contributed by atoms with E-state index in [1.165, 1.54) is 40.7 Å². The Morgan fingerprint density at radius 2 is 1.96 bits per heavy atom. The molecule has 1 heterocycles. The molecule has 8 heteroatoms. The van der Waals surface area contributed by atoms with Crippen molar-refractivity contribution in [1.82, 2.24) is 14.9 Å². The number of benzene rings is 2. The van der Waals surface area contributed by atoms with Gasteiger partial charge in [-0.1, -0.05) is 36.0 Å². The second kappa shape index (κ2) is 7.43. The standard InChI is InChI=1S/C17H14F2N4OS/c1-11-20-21-17(25-10-13-5-2-3-8-15(13)19)23(11)22-16(24)12-6-4-7-14(18)9-12/h2-9H,10H2,1H3,(H,22,24). The molecule has 1 amide bonds. The quantitative estimate of drug-likeness (QED) is 0.707. The van der Waals surface area contributed by atoms with Crippen molar-refractivity contribution in [2.75, 3.05) is 5.43 Å². The van der Waals surface area contributed by atoms with Gasteiger partial charge in [-0.15, -0.1) is 10.2 Å². The highest BCUT2D eigenvalue weighted by molar-refractivity contribution is 7.98. The number of thioether (sulfide) groups is 1. The molecular formula is C17H14F2N4OS. The van der Waals surface area contributed by atoms with E-state index in [1.54, 1.807) is 25.1 Å². The van der Waals surface area contributed by atoms with E-state index < -0.39 is 11.7 Å².